The van der Waals surface area contributed by atoms with E-state index in [1.807, 2.05) is 91.9 Å². The Labute approximate surface area is 150 Å². The molecule has 0 aromatic heterocycles. The molecule has 0 radical (unpaired) electrons. The highest BCUT2D eigenvalue weighted by atomic mass is 32.3. The molecule has 0 unspecified atom stereocenters. The lowest BCUT2D eigenvalue weighted by molar-refractivity contribution is 0.515. The first kappa shape index (κ1) is 17.7. The van der Waals surface area contributed by atoms with Crippen LogP contribution in [0.1, 0.15) is 5.56 Å². The van der Waals surface area contributed by atoms with Crippen molar-refractivity contribution < 1.29 is 12.0 Å². The minimum Gasteiger partial charge on any atom is -0.207 e. The van der Waals surface area contributed by atoms with E-state index in [4.69, 9.17) is 3.63 Å². The van der Waals surface area contributed by atoms with E-state index >= 15 is 0 Å². The summed E-state index contributed by atoms with van der Waals surface area (Å²) < 4.78 is 30.3. The number of hydrogen-bond acceptors (Lipinski definition) is 3. The highest BCUT2D eigenvalue weighted by Crippen LogP contribution is 2.69. The molecule has 130 valence electrons. The summed E-state index contributed by atoms with van der Waals surface area (Å²) in [6, 6.07) is 27.0. The van der Waals surface area contributed by atoms with Gasteiger partial charge in [-0.3, -0.25) is 0 Å². The lowest BCUT2D eigenvalue weighted by Crippen LogP contribution is -2.12. The first-order valence-electron chi connectivity index (χ1n) is 7.83. The van der Waals surface area contributed by atoms with Crippen LogP contribution in [0, 0.1) is 6.92 Å². The zero-order valence-electron chi connectivity index (χ0n) is 14.1. The Morgan fingerprint density at radius 3 is 1.44 bits per heavy atom. The normalized spacial score (nSPS) is 12.7. The molecule has 3 nitrogen and oxygen atoms in total. The molecular weight excluding hydrogens is 352 g/mol. The van der Waals surface area contributed by atoms with Gasteiger partial charge < -0.3 is 0 Å². The molecule has 0 aliphatic carbocycles. The molecule has 0 aliphatic rings. The van der Waals surface area contributed by atoms with E-state index in [0.717, 1.165) is 26.5 Å². The minimum absolute atomic E-state index is 0.843. The maximum absolute atomic E-state index is 12.2. The molecule has 0 atom stereocenters. The largest absolute Gasteiger partial charge is 0.274 e. The molecule has 0 bridgehead atoms. The second-order valence-electron chi connectivity index (χ2n) is 5.77. The SMILES string of the molecule is Cc1ccc(S(OS(C)(=O)=O)(c2ccccc2)c2ccccc2)cc1. The number of hydrogen-bond donors (Lipinski definition) is 0. The van der Waals surface area contributed by atoms with E-state index < -0.39 is 20.4 Å². The quantitative estimate of drug-likeness (QED) is 0.621. The Morgan fingerprint density at radius 2 is 1.04 bits per heavy atom. The van der Waals surface area contributed by atoms with Gasteiger partial charge in [-0.2, -0.15) is 8.42 Å². The topological polar surface area (TPSA) is 43.4 Å². The van der Waals surface area contributed by atoms with E-state index in [1.165, 1.54) is 0 Å². The summed E-state index contributed by atoms with van der Waals surface area (Å²) in [5, 5.41) is 0. The fraction of sp³-hybridized carbons (Fsp3) is 0.100. The zero-order chi connectivity index (χ0) is 17.9. The minimum atomic E-state index is -3.70. The Hall–Kier alpha value is -2.08. The summed E-state index contributed by atoms with van der Waals surface area (Å²) in [7, 11) is -6.09. The van der Waals surface area contributed by atoms with E-state index in [-0.39, 0.29) is 0 Å². The molecule has 0 aliphatic heterocycles. The van der Waals surface area contributed by atoms with Crippen LogP contribution in [0.3, 0.4) is 0 Å². The Kier molecular flexibility index (Phi) is 4.99. The van der Waals surface area contributed by atoms with Crippen molar-refractivity contribution in [2.24, 2.45) is 0 Å². The molecule has 3 aromatic carbocycles. The van der Waals surface area contributed by atoms with Crippen molar-refractivity contribution in [2.75, 3.05) is 6.26 Å². The van der Waals surface area contributed by atoms with Crippen molar-refractivity contribution in [3.05, 3.63) is 90.5 Å². The molecule has 3 aromatic rings. The van der Waals surface area contributed by atoms with E-state index in [1.54, 1.807) is 0 Å². The molecule has 0 spiro atoms. The predicted molar refractivity (Wildman–Crippen MR) is 102 cm³/mol. The van der Waals surface area contributed by atoms with Gasteiger partial charge in [-0.1, -0.05) is 54.1 Å². The average Bonchev–Trinajstić information content (AvgIpc) is 2.61. The molecule has 3 rings (SSSR count). The third-order valence-electron chi connectivity index (χ3n) is 3.73. The first-order valence-corrected chi connectivity index (χ1v) is 11.2. The monoisotopic (exact) mass is 372 g/mol. The van der Waals surface area contributed by atoms with E-state index in [0.29, 0.717) is 0 Å². The van der Waals surface area contributed by atoms with Crippen LogP contribution >= 0.6 is 10.3 Å². The molecule has 0 saturated carbocycles. The predicted octanol–water partition coefficient (Wildman–Crippen LogP) is 5.17. The van der Waals surface area contributed by atoms with Crippen LogP contribution in [0.15, 0.2) is 99.6 Å². The van der Waals surface area contributed by atoms with Gasteiger partial charge in [0.1, 0.15) is 0 Å². The third-order valence-corrected chi connectivity index (χ3v) is 8.34. The van der Waals surface area contributed by atoms with Crippen LogP contribution in [0.2, 0.25) is 0 Å². The lowest BCUT2D eigenvalue weighted by atomic mass is 10.2. The van der Waals surface area contributed by atoms with Crippen molar-refractivity contribution in [3.8, 4) is 0 Å². The number of rotatable bonds is 5. The van der Waals surface area contributed by atoms with E-state index in [2.05, 4.69) is 0 Å². The van der Waals surface area contributed by atoms with Crippen LogP contribution in [-0.2, 0) is 13.7 Å². The lowest BCUT2D eigenvalue weighted by Gasteiger charge is -2.39. The highest BCUT2D eigenvalue weighted by Gasteiger charge is 2.36. The second-order valence-corrected chi connectivity index (χ2v) is 10.2. The molecule has 5 heteroatoms. The van der Waals surface area contributed by atoms with Gasteiger partial charge in [0.2, 0.25) is 0 Å². The molecule has 25 heavy (non-hydrogen) atoms. The van der Waals surface area contributed by atoms with E-state index in [9.17, 15) is 8.42 Å². The second kappa shape index (κ2) is 7.04. The Bertz CT molecular complexity index is 896. The van der Waals surface area contributed by atoms with Crippen molar-refractivity contribution in [1.82, 2.24) is 0 Å². The number of aryl methyl sites for hydroxylation is 1. The maximum atomic E-state index is 12.2. The highest BCUT2D eigenvalue weighted by molar-refractivity contribution is 8.33. The molecule has 0 amide bonds. The molecule has 0 saturated heterocycles. The summed E-state index contributed by atoms with van der Waals surface area (Å²) in [5.41, 5.74) is 1.11. The standard InChI is InChI=1S/C20H20O3S2/c1-17-13-15-20(16-14-17)25(23-24(2,21)22,18-9-5-3-6-10-18)19-11-7-4-8-12-19/h3-16H,1-2H3. The van der Waals surface area contributed by atoms with Gasteiger partial charge in [0.25, 0.3) is 10.1 Å². The van der Waals surface area contributed by atoms with Crippen molar-refractivity contribution in [3.63, 3.8) is 0 Å². The van der Waals surface area contributed by atoms with Gasteiger partial charge in [-0.15, -0.1) is 0 Å². The Morgan fingerprint density at radius 1 is 0.640 bits per heavy atom. The number of benzene rings is 3. The van der Waals surface area contributed by atoms with Gasteiger partial charge in [0.15, 0.2) is 0 Å². The summed E-state index contributed by atoms with van der Waals surface area (Å²) in [5.74, 6) is 0. The van der Waals surface area contributed by atoms with Crippen molar-refractivity contribution in [2.45, 2.75) is 21.6 Å². The van der Waals surface area contributed by atoms with Gasteiger partial charge in [-0.05, 0) is 53.6 Å². The van der Waals surface area contributed by atoms with Crippen LogP contribution in [-0.4, -0.2) is 14.7 Å². The summed E-state index contributed by atoms with van der Waals surface area (Å²) >= 11 is 0. The van der Waals surface area contributed by atoms with Crippen molar-refractivity contribution in [1.29, 1.82) is 0 Å². The summed E-state index contributed by atoms with van der Waals surface area (Å²) in [4.78, 5) is 2.53. The Balaban J connectivity index is 2.37. The average molecular weight is 373 g/mol. The molecule has 0 N–H and O–H groups in total. The molecular formula is C20H20O3S2. The molecule has 0 fully saturated rings. The maximum Gasteiger partial charge on any atom is 0.274 e. The fourth-order valence-electron chi connectivity index (χ4n) is 2.67. The van der Waals surface area contributed by atoms with Gasteiger partial charge in [-0.25, -0.2) is 3.63 Å². The van der Waals surface area contributed by atoms with Crippen molar-refractivity contribution >= 4 is 20.4 Å². The first-order chi connectivity index (χ1) is 11.9. The summed E-state index contributed by atoms with van der Waals surface area (Å²) in [6.45, 7) is 2.00. The fourth-order valence-corrected chi connectivity index (χ4v) is 7.51. The smallest absolute Gasteiger partial charge is 0.207 e. The van der Waals surface area contributed by atoms with Gasteiger partial charge in [0, 0.05) is 14.7 Å². The zero-order valence-corrected chi connectivity index (χ0v) is 15.8. The van der Waals surface area contributed by atoms with Crippen LogP contribution < -0.4 is 0 Å². The van der Waals surface area contributed by atoms with Crippen LogP contribution in [0.25, 0.3) is 0 Å². The molecule has 0 heterocycles. The van der Waals surface area contributed by atoms with Gasteiger partial charge >= 0.3 is 0 Å². The third kappa shape index (κ3) is 3.79. The van der Waals surface area contributed by atoms with Gasteiger partial charge in [0.05, 0.1) is 6.26 Å². The van der Waals surface area contributed by atoms with Crippen LogP contribution in [0.5, 0.6) is 0 Å². The van der Waals surface area contributed by atoms with Crippen LogP contribution in [0.4, 0.5) is 0 Å². The summed E-state index contributed by atoms with van der Waals surface area (Å²) in [6.07, 6.45) is 1.11.